The number of hydrogen-bond donors (Lipinski definition) is 4. The molecule has 0 fully saturated rings. The van der Waals surface area contributed by atoms with E-state index in [2.05, 4.69) is 10.5 Å². The SMILES string of the molecule is COc1ccc(CN[C@H](CO)C(C)C)cc1C(N)=NO. The third-order valence-corrected chi connectivity index (χ3v) is 3.22. The van der Waals surface area contributed by atoms with Crippen molar-refractivity contribution >= 4 is 5.84 Å². The van der Waals surface area contributed by atoms with Crippen molar-refractivity contribution in [3.05, 3.63) is 29.3 Å². The van der Waals surface area contributed by atoms with Crippen LogP contribution in [0.4, 0.5) is 0 Å². The van der Waals surface area contributed by atoms with Crippen LogP contribution in [0.15, 0.2) is 23.4 Å². The van der Waals surface area contributed by atoms with Crippen molar-refractivity contribution in [3.63, 3.8) is 0 Å². The molecule has 6 nitrogen and oxygen atoms in total. The molecular formula is C14H23N3O3. The van der Waals surface area contributed by atoms with Crippen molar-refractivity contribution in [3.8, 4) is 5.75 Å². The molecule has 5 N–H and O–H groups in total. The summed E-state index contributed by atoms with van der Waals surface area (Å²) in [6.45, 7) is 4.76. The number of oxime groups is 1. The van der Waals surface area contributed by atoms with Crippen molar-refractivity contribution in [1.82, 2.24) is 5.32 Å². The maximum absolute atomic E-state index is 9.28. The fourth-order valence-corrected chi connectivity index (χ4v) is 1.88. The third kappa shape index (κ3) is 4.11. The molecule has 0 unspecified atom stereocenters. The van der Waals surface area contributed by atoms with E-state index in [1.807, 2.05) is 19.9 Å². The first-order valence-electron chi connectivity index (χ1n) is 6.52. The highest BCUT2D eigenvalue weighted by Gasteiger charge is 2.13. The van der Waals surface area contributed by atoms with E-state index in [9.17, 15) is 5.11 Å². The van der Waals surface area contributed by atoms with E-state index in [0.717, 1.165) is 5.56 Å². The lowest BCUT2D eigenvalue weighted by molar-refractivity contribution is 0.210. The van der Waals surface area contributed by atoms with Crippen LogP contribution in [0.5, 0.6) is 5.75 Å². The van der Waals surface area contributed by atoms with Crippen molar-refractivity contribution < 1.29 is 15.1 Å². The van der Waals surface area contributed by atoms with Crippen LogP contribution in [-0.4, -0.2) is 35.9 Å². The molecule has 1 aromatic rings. The zero-order valence-electron chi connectivity index (χ0n) is 12.1. The summed E-state index contributed by atoms with van der Waals surface area (Å²) in [5, 5.41) is 24.3. The Bertz CT molecular complexity index is 461. The van der Waals surface area contributed by atoms with Crippen LogP contribution >= 0.6 is 0 Å². The highest BCUT2D eigenvalue weighted by molar-refractivity contribution is 5.99. The average molecular weight is 281 g/mol. The lowest BCUT2D eigenvalue weighted by Gasteiger charge is -2.20. The molecule has 0 saturated heterocycles. The van der Waals surface area contributed by atoms with Crippen molar-refractivity contribution in [2.24, 2.45) is 16.8 Å². The molecule has 0 spiro atoms. The summed E-state index contributed by atoms with van der Waals surface area (Å²) in [5.41, 5.74) is 7.13. The summed E-state index contributed by atoms with van der Waals surface area (Å²) in [6.07, 6.45) is 0. The van der Waals surface area contributed by atoms with Gasteiger partial charge in [-0.1, -0.05) is 25.1 Å². The van der Waals surface area contributed by atoms with Crippen LogP contribution in [-0.2, 0) is 6.54 Å². The normalized spacial score (nSPS) is 13.6. The quantitative estimate of drug-likeness (QED) is 0.257. The Kier molecular flexibility index (Phi) is 6.27. The first-order chi connectivity index (χ1) is 9.53. The molecule has 0 bridgehead atoms. The summed E-state index contributed by atoms with van der Waals surface area (Å²) in [7, 11) is 1.53. The highest BCUT2D eigenvalue weighted by Crippen LogP contribution is 2.19. The Morgan fingerprint density at radius 3 is 2.65 bits per heavy atom. The standard InChI is InChI=1S/C14H23N3O3/c1-9(2)12(8-18)16-7-10-4-5-13(20-3)11(6-10)14(15)17-19/h4-6,9,12,16,18-19H,7-8H2,1-3H3,(H2,15,17)/t12-/m1/s1. The van der Waals surface area contributed by atoms with Crippen LogP contribution in [0.3, 0.4) is 0 Å². The first kappa shape index (κ1) is 16.3. The number of nitrogens with two attached hydrogens (primary N) is 1. The maximum atomic E-state index is 9.28. The van der Waals surface area contributed by atoms with E-state index < -0.39 is 0 Å². The molecule has 0 aliphatic rings. The third-order valence-electron chi connectivity index (χ3n) is 3.22. The molecule has 0 saturated carbocycles. The molecule has 0 aliphatic heterocycles. The highest BCUT2D eigenvalue weighted by atomic mass is 16.5. The van der Waals surface area contributed by atoms with Gasteiger partial charge in [-0.3, -0.25) is 0 Å². The smallest absolute Gasteiger partial charge is 0.173 e. The van der Waals surface area contributed by atoms with Crippen molar-refractivity contribution in [1.29, 1.82) is 0 Å². The Morgan fingerprint density at radius 1 is 1.45 bits per heavy atom. The lowest BCUT2D eigenvalue weighted by atomic mass is 10.0. The van der Waals surface area contributed by atoms with Gasteiger partial charge >= 0.3 is 0 Å². The minimum atomic E-state index is 0.00580. The number of nitrogens with one attached hydrogen (secondary N) is 1. The average Bonchev–Trinajstić information content (AvgIpc) is 2.46. The predicted octanol–water partition coefficient (Wildman–Crippen LogP) is 0.896. The zero-order chi connectivity index (χ0) is 15.1. The van der Waals surface area contributed by atoms with Gasteiger partial charge in [0.15, 0.2) is 5.84 Å². The molecule has 0 aliphatic carbocycles. The number of aliphatic hydroxyl groups excluding tert-OH is 1. The number of rotatable bonds is 7. The lowest BCUT2D eigenvalue weighted by Crippen LogP contribution is -2.36. The summed E-state index contributed by atoms with van der Waals surface area (Å²) in [6, 6.07) is 5.50. The summed E-state index contributed by atoms with van der Waals surface area (Å²) >= 11 is 0. The van der Waals surface area contributed by atoms with Gasteiger partial charge in [0.2, 0.25) is 0 Å². The summed E-state index contributed by atoms with van der Waals surface area (Å²) < 4.78 is 5.18. The van der Waals surface area contributed by atoms with Gasteiger partial charge in [-0.2, -0.15) is 0 Å². The van der Waals surface area contributed by atoms with Crippen LogP contribution in [0, 0.1) is 5.92 Å². The van der Waals surface area contributed by atoms with E-state index >= 15 is 0 Å². The van der Waals surface area contributed by atoms with E-state index in [0.29, 0.717) is 23.8 Å². The monoisotopic (exact) mass is 281 g/mol. The van der Waals surface area contributed by atoms with E-state index in [-0.39, 0.29) is 18.5 Å². The molecule has 6 heteroatoms. The van der Waals surface area contributed by atoms with Crippen LogP contribution in [0.1, 0.15) is 25.0 Å². The molecule has 0 aromatic heterocycles. The minimum absolute atomic E-state index is 0.00580. The van der Waals surface area contributed by atoms with Crippen molar-refractivity contribution in [2.45, 2.75) is 26.4 Å². The number of aliphatic hydroxyl groups is 1. The van der Waals surface area contributed by atoms with Gasteiger partial charge in [0, 0.05) is 12.6 Å². The topological polar surface area (TPSA) is 100 Å². The van der Waals surface area contributed by atoms with Crippen LogP contribution in [0.25, 0.3) is 0 Å². The molecule has 1 rings (SSSR count). The molecule has 0 radical (unpaired) electrons. The summed E-state index contributed by atoms with van der Waals surface area (Å²) in [4.78, 5) is 0. The van der Waals surface area contributed by atoms with Crippen LogP contribution < -0.4 is 15.8 Å². The maximum Gasteiger partial charge on any atom is 0.173 e. The first-order valence-corrected chi connectivity index (χ1v) is 6.52. The van der Waals surface area contributed by atoms with Gasteiger partial charge in [0.25, 0.3) is 0 Å². The largest absolute Gasteiger partial charge is 0.496 e. The number of methoxy groups -OCH3 is 1. The number of nitrogens with zero attached hydrogens (tertiary/aromatic N) is 1. The van der Waals surface area contributed by atoms with E-state index in [4.69, 9.17) is 15.7 Å². The Balaban J connectivity index is 2.87. The predicted molar refractivity (Wildman–Crippen MR) is 78.1 cm³/mol. The fourth-order valence-electron chi connectivity index (χ4n) is 1.88. The second-order valence-corrected chi connectivity index (χ2v) is 4.93. The van der Waals surface area contributed by atoms with Gasteiger partial charge < -0.3 is 26.1 Å². The molecule has 1 atom stereocenters. The van der Waals surface area contributed by atoms with E-state index in [1.54, 1.807) is 12.1 Å². The Labute approximate surface area is 119 Å². The molecule has 1 aromatic carbocycles. The van der Waals surface area contributed by atoms with Gasteiger partial charge in [0.1, 0.15) is 5.75 Å². The van der Waals surface area contributed by atoms with Gasteiger partial charge in [-0.05, 0) is 23.6 Å². The molecule has 0 amide bonds. The number of hydrogen-bond acceptors (Lipinski definition) is 5. The molecule has 20 heavy (non-hydrogen) atoms. The Hall–Kier alpha value is -1.79. The second kappa shape index (κ2) is 7.72. The number of amidine groups is 1. The second-order valence-electron chi connectivity index (χ2n) is 4.93. The Morgan fingerprint density at radius 2 is 2.15 bits per heavy atom. The number of ether oxygens (including phenoxy) is 1. The molecular weight excluding hydrogens is 258 g/mol. The van der Waals surface area contributed by atoms with Crippen LogP contribution in [0.2, 0.25) is 0 Å². The summed E-state index contributed by atoms with van der Waals surface area (Å²) in [5.74, 6) is 0.889. The number of benzene rings is 1. The van der Waals surface area contributed by atoms with Crippen molar-refractivity contribution in [2.75, 3.05) is 13.7 Å². The minimum Gasteiger partial charge on any atom is -0.496 e. The molecule has 112 valence electrons. The zero-order valence-corrected chi connectivity index (χ0v) is 12.1. The molecule has 0 heterocycles. The fraction of sp³-hybridized carbons (Fsp3) is 0.500. The van der Waals surface area contributed by atoms with Gasteiger partial charge in [0.05, 0.1) is 19.3 Å². The van der Waals surface area contributed by atoms with Gasteiger partial charge in [-0.25, -0.2) is 0 Å². The van der Waals surface area contributed by atoms with E-state index in [1.165, 1.54) is 7.11 Å². The van der Waals surface area contributed by atoms with Gasteiger partial charge in [-0.15, -0.1) is 0 Å².